The zero-order valence-corrected chi connectivity index (χ0v) is 12.4. The summed E-state index contributed by atoms with van der Waals surface area (Å²) < 4.78 is 5.73. The summed E-state index contributed by atoms with van der Waals surface area (Å²) in [5.74, 6) is 4.16. The molecule has 1 aromatic carbocycles. The van der Waals surface area contributed by atoms with E-state index in [9.17, 15) is 10.2 Å². The van der Waals surface area contributed by atoms with Crippen LogP contribution in [0.15, 0.2) is 23.8 Å². The molecule has 0 aromatic heterocycles. The first-order valence-electron chi connectivity index (χ1n) is 7.95. The second-order valence-electron chi connectivity index (χ2n) is 7.03. The van der Waals surface area contributed by atoms with Crippen LogP contribution in [0.1, 0.15) is 37.7 Å². The van der Waals surface area contributed by atoms with E-state index in [2.05, 4.69) is 0 Å². The Morgan fingerprint density at radius 3 is 1.90 bits per heavy atom. The van der Waals surface area contributed by atoms with Gasteiger partial charge in [0.05, 0.1) is 7.11 Å². The van der Waals surface area contributed by atoms with E-state index in [1.165, 1.54) is 43.7 Å². The van der Waals surface area contributed by atoms with Gasteiger partial charge in [-0.2, -0.15) is 0 Å². The fourth-order valence-corrected chi connectivity index (χ4v) is 5.19. The van der Waals surface area contributed by atoms with Gasteiger partial charge in [-0.15, -0.1) is 0 Å². The van der Waals surface area contributed by atoms with Crippen molar-refractivity contribution in [3.63, 3.8) is 0 Å². The van der Waals surface area contributed by atoms with Gasteiger partial charge in [0.2, 0.25) is 0 Å². The van der Waals surface area contributed by atoms with Crippen molar-refractivity contribution >= 4 is 5.76 Å². The highest BCUT2D eigenvalue weighted by molar-refractivity contribution is 5.67. The Kier molecular flexibility index (Phi) is 2.91. The van der Waals surface area contributed by atoms with Gasteiger partial charge in [0, 0.05) is 11.6 Å². The van der Waals surface area contributed by atoms with E-state index in [1.807, 2.05) is 0 Å². The van der Waals surface area contributed by atoms with E-state index in [1.54, 1.807) is 19.2 Å². The minimum absolute atomic E-state index is 0.0870. The fraction of sp³-hybridized carbons (Fsp3) is 0.556. The molecule has 4 fully saturated rings. The second kappa shape index (κ2) is 4.69. The van der Waals surface area contributed by atoms with Crippen molar-refractivity contribution in [1.29, 1.82) is 0 Å². The molecule has 0 unspecified atom stereocenters. The molecule has 4 aliphatic rings. The molecule has 5 rings (SSSR count). The first-order chi connectivity index (χ1) is 10.1. The van der Waals surface area contributed by atoms with Crippen LogP contribution in [-0.4, -0.2) is 17.3 Å². The fourth-order valence-electron chi connectivity index (χ4n) is 5.19. The Hall–Kier alpha value is -1.64. The molecule has 112 valence electrons. The molecular weight excluding hydrogens is 264 g/mol. The number of hydrogen-bond acceptors (Lipinski definition) is 3. The molecule has 3 heteroatoms. The molecule has 0 heterocycles. The lowest BCUT2D eigenvalue weighted by molar-refractivity contribution is 0.0675. The van der Waals surface area contributed by atoms with Crippen LogP contribution in [-0.2, 0) is 4.74 Å². The van der Waals surface area contributed by atoms with Crippen LogP contribution in [0.3, 0.4) is 0 Å². The Bertz CT molecular complexity index is 552. The summed E-state index contributed by atoms with van der Waals surface area (Å²) in [7, 11) is 1.70. The van der Waals surface area contributed by atoms with Crippen molar-refractivity contribution in [1.82, 2.24) is 0 Å². The highest BCUT2D eigenvalue weighted by atomic mass is 16.5. The molecule has 3 nitrogen and oxygen atoms in total. The molecule has 0 radical (unpaired) electrons. The topological polar surface area (TPSA) is 49.7 Å². The van der Waals surface area contributed by atoms with Crippen LogP contribution in [0.25, 0.3) is 5.76 Å². The minimum Gasteiger partial charge on any atom is -0.508 e. The highest BCUT2D eigenvalue weighted by Crippen LogP contribution is 2.58. The van der Waals surface area contributed by atoms with Crippen molar-refractivity contribution in [2.24, 2.45) is 23.7 Å². The van der Waals surface area contributed by atoms with Crippen LogP contribution >= 0.6 is 0 Å². The van der Waals surface area contributed by atoms with Crippen molar-refractivity contribution in [3.8, 4) is 11.5 Å². The predicted octanol–water partition coefficient (Wildman–Crippen LogP) is 3.91. The third-order valence-corrected chi connectivity index (χ3v) is 5.65. The molecule has 0 saturated heterocycles. The molecule has 4 aliphatic carbocycles. The number of aromatic hydroxyl groups is 2. The lowest BCUT2D eigenvalue weighted by Gasteiger charge is -2.51. The smallest absolute Gasteiger partial charge is 0.126 e. The standard InChI is InChI=1S/C18H22O3/c1-21-18(14-7-15(19)9-16(20)8-14)17-12-3-10-2-11(5-12)6-13(17)4-10/h7-13,19-20H,2-6H2,1H3. The summed E-state index contributed by atoms with van der Waals surface area (Å²) in [5, 5.41) is 19.5. The molecule has 21 heavy (non-hydrogen) atoms. The predicted molar refractivity (Wildman–Crippen MR) is 80.7 cm³/mol. The molecule has 4 bridgehead atoms. The van der Waals surface area contributed by atoms with Gasteiger partial charge in [0.1, 0.15) is 17.3 Å². The van der Waals surface area contributed by atoms with Gasteiger partial charge >= 0.3 is 0 Å². The van der Waals surface area contributed by atoms with Crippen molar-refractivity contribution < 1.29 is 14.9 Å². The summed E-state index contributed by atoms with van der Waals surface area (Å²) in [4.78, 5) is 0. The maximum Gasteiger partial charge on any atom is 0.126 e. The van der Waals surface area contributed by atoms with E-state index in [4.69, 9.17) is 4.74 Å². The first kappa shape index (κ1) is 13.1. The summed E-state index contributed by atoms with van der Waals surface area (Å²) in [5.41, 5.74) is 2.24. The van der Waals surface area contributed by atoms with E-state index in [0.717, 1.165) is 23.2 Å². The van der Waals surface area contributed by atoms with Gasteiger partial charge in [-0.05, 0) is 73.5 Å². The number of hydrogen-bond donors (Lipinski definition) is 2. The number of phenolic OH excluding ortho intramolecular Hbond substituents is 2. The van der Waals surface area contributed by atoms with Gasteiger partial charge in [0.15, 0.2) is 0 Å². The summed E-state index contributed by atoms with van der Waals surface area (Å²) >= 11 is 0. The van der Waals surface area contributed by atoms with Gasteiger partial charge in [-0.3, -0.25) is 0 Å². The number of ether oxygens (including phenoxy) is 1. The van der Waals surface area contributed by atoms with Crippen molar-refractivity contribution in [2.75, 3.05) is 7.11 Å². The average molecular weight is 286 g/mol. The van der Waals surface area contributed by atoms with E-state index in [-0.39, 0.29) is 11.5 Å². The molecule has 0 spiro atoms. The Balaban J connectivity index is 1.80. The average Bonchev–Trinajstić information content (AvgIpc) is 2.40. The Morgan fingerprint density at radius 1 is 0.905 bits per heavy atom. The lowest BCUT2D eigenvalue weighted by atomic mass is 9.54. The third kappa shape index (κ3) is 2.10. The van der Waals surface area contributed by atoms with Crippen molar-refractivity contribution in [2.45, 2.75) is 32.1 Å². The van der Waals surface area contributed by atoms with Crippen LogP contribution in [0.4, 0.5) is 0 Å². The Labute approximate surface area is 125 Å². The first-order valence-corrected chi connectivity index (χ1v) is 7.95. The van der Waals surface area contributed by atoms with Crippen LogP contribution in [0, 0.1) is 23.7 Å². The third-order valence-electron chi connectivity index (χ3n) is 5.65. The summed E-state index contributed by atoms with van der Waals surface area (Å²) in [6, 6.07) is 4.74. The number of allylic oxidation sites excluding steroid dienone is 1. The number of rotatable bonds is 2. The number of methoxy groups -OCH3 is 1. The van der Waals surface area contributed by atoms with Crippen LogP contribution < -0.4 is 0 Å². The molecular formula is C18H22O3. The summed E-state index contributed by atoms with van der Waals surface area (Å²) in [6.07, 6.45) is 6.59. The largest absolute Gasteiger partial charge is 0.508 e. The van der Waals surface area contributed by atoms with Gasteiger partial charge in [-0.1, -0.05) is 0 Å². The van der Waals surface area contributed by atoms with Crippen LogP contribution in [0.5, 0.6) is 11.5 Å². The zero-order valence-electron chi connectivity index (χ0n) is 12.4. The second-order valence-corrected chi connectivity index (χ2v) is 7.03. The highest BCUT2D eigenvalue weighted by Gasteiger charge is 2.46. The zero-order chi connectivity index (χ0) is 14.6. The minimum atomic E-state index is 0.0870. The quantitative estimate of drug-likeness (QED) is 0.810. The van der Waals surface area contributed by atoms with Gasteiger partial charge in [0.25, 0.3) is 0 Å². The molecule has 4 saturated carbocycles. The molecule has 0 amide bonds. The Morgan fingerprint density at radius 2 is 1.43 bits per heavy atom. The molecule has 2 N–H and O–H groups in total. The maximum atomic E-state index is 9.75. The summed E-state index contributed by atoms with van der Waals surface area (Å²) in [6.45, 7) is 0. The number of benzene rings is 1. The monoisotopic (exact) mass is 286 g/mol. The molecule has 0 aliphatic heterocycles. The lowest BCUT2D eigenvalue weighted by Crippen LogP contribution is -2.40. The normalized spacial score (nSPS) is 33.3. The van der Waals surface area contributed by atoms with E-state index >= 15 is 0 Å². The van der Waals surface area contributed by atoms with Crippen molar-refractivity contribution in [3.05, 3.63) is 29.3 Å². The van der Waals surface area contributed by atoms with Gasteiger partial charge in [-0.25, -0.2) is 0 Å². The van der Waals surface area contributed by atoms with Crippen LogP contribution in [0.2, 0.25) is 0 Å². The van der Waals surface area contributed by atoms with E-state index in [0.29, 0.717) is 11.8 Å². The molecule has 1 aromatic rings. The van der Waals surface area contributed by atoms with E-state index < -0.39 is 0 Å². The molecule has 0 atom stereocenters. The number of phenols is 2. The van der Waals surface area contributed by atoms with Gasteiger partial charge < -0.3 is 14.9 Å². The SMILES string of the molecule is COC(=C1C2CC3CC(C2)CC1C3)c1cc(O)cc(O)c1. The maximum absolute atomic E-state index is 9.75.